The van der Waals surface area contributed by atoms with Crippen molar-refractivity contribution in [3.05, 3.63) is 21.8 Å². The van der Waals surface area contributed by atoms with Crippen LogP contribution in [0.2, 0.25) is 5.15 Å². The van der Waals surface area contributed by atoms with Crippen LogP contribution in [0, 0.1) is 12.3 Å². The molecule has 0 aliphatic heterocycles. The van der Waals surface area contributed by atoms with Gasteiger partial charge in [-0.3, -0.25) is 14.2 Å². The highest BCUT2D eigenvalue weighted by Gasteiger charge is 2.19. The summed E-state index contributed by atoms with van der Waals surface area (Å²) in [5.74, 6) is 1.78. The van der Waals surface area contributed by atoms with Crippen LogP contribution in [-0.2, 0) is 4.79 Å². The van der Waals surface area contributed by atoms with Crippen molar-refractivity contribution in [1.82, 2.24) is 14.9 Å². The topological polar surface area (TPSA) is 73.2 Å². The van der Waals surface area contributed by atoms with E-state index in [-0.39, 0.29) is 23.4 Å². The van der Waals surface area contributed by atoms with Gasteiger partial charge in [0.2, 0.25) is 11.7 Å². The maximum Gasteiger partial charge on any atom is 0.298 e. The number of amides is 1. The summed E-state index contributed by atoms with van der Waals surface area (Å²) in [4.78, 5) is 27.4. The molecule has 0 aliphatic carbocycles. The fourth-order valence-corrected chi connectivity index (χ4v) is 1.49. The van der Waals surface area contributed by atoms with Crippen LogP contribution in [0.1, 0.15) is 13.0 Å². The van der Waals surface area contributed by atoms with E-state index in [1.807, 2.05) is 0 Å². The third kappa shape index (κ3) is 2.81. The Hall–Kier alpha value is -2.00. The highest BCUT2D eigenvalue weighted by atomic mass is 35.5. The van der Waals surface area contributed by atoms with Crippen LogP contribution in [0.4, 0.5) is 0 Å². The predicted octanol–water partition coefficient (Wildman–Crippen LogP) is 0.216. The molecule has 0 fully saturated rings. The quantitative estimate of drug-likeness (QED) is 0.627. The third-order valence-corrected chi connectivity index (χ3v) is 2.55. The molecule has 1 unspecified atom stereocenters. The number of hydrogen-bond acceptors (Lipinski definition) is 4. The fraction of sp³-hybridized carbons (Fsp3) is 0.364. The van der Waals surface area contributed by atoms with Gasteiger partial charge >= 0.3 is 0 Å². The smallest absolute Gasteiger partial charge is 0.298 e. The zero-order chi connectivity index (χ0) is 13.7. The van der Waals surface area contributed by atoms with Crippen LogP contribution in [0.15, 0.2) is 11.1 Å². The summed E-state index contributed by atoms with van der Waals surface area (Å²) in [5, 5.41) is 2.43. The number of nitrogens with one attached hydrogen (secondary N) is 1. The monoisotopic (exact) mass is 269 g/mol. The van der Waals surface area contributed by atoms with Crippen molar-refractivity contribution in [2.45, 2.75) is 13.0 Å². The Morgan fingerprint density at radius 2 is 2.44 bits per heavy atom. The van der Waals surface area contributed by atoms with E-state index in [4.69, 9.17) is 22.8 Å². The second kappa shape index (κ2) is 6.07. The molecule has 96 valence electrons. The minimum atomic E-state index is -0.760. The summed E-state index contributed by atoms with van der Waals surface area (Å²) in [6.45, 7) is 1.64. The Bertz CT molecular complexity index is 547. The lowest BCUT2D eigenvalue weighted by Gasteiger charge is -2.14. The lowest BCUT2D eigenvalue weighted by Crippen LogP contribution is -2.36. The largest absolute Gasteiger partial charge is 0.489 e. The van der Waals surface area contributed by atoms with Gasteiger partial charge in [0.05, 0.1) is 13.7 Å². The minimum Gasteiger partial charge on any atom is -0.489 e. The van der Waals surface area contributed by atoms with Crippen molar-refractivity contribution in [3.8, 4) is 18.1 Å². The first-order valence-electron chi connectivity index (χ1n) is 5.04. The van der Waals surface area contributed by atoms with Gasteiger partial charge in [-0.1, -0.05) is 17.5 Å². The van der Waals surface area contributed by atoms with Crippen molar-refractivity contribution in [1.29, 1.82) is 0 Å². The minimum absolute atomic E-state index is 0.0463. The average molecular weight is 270 g/mol. The standard InChI is InChI=1S/C11H12ClN3O3/c1-4-5-13-10(16)7(2)15-6-14-9(12)8(18-3)11(15)17/h1,6-7H,5H2,2-3H3,(H,13,16). The van der Waals surface area contributed by atoms with Gasteiger partial charge in [0.25, 0.3) is 5.56 Å². The molecule has 0 saturated carbocycles. The van der Waals surface area contributed by atoms with Gasteiger partial charge in [0.1, 0.15) is 12.4 Å². The molecule has 0 aromatic carbocycles. The lowest BCUT2D eigenvalue weighted by atomic mass is 10.3. The molecule has 1 N–H and O–H groups in total. The molecule has 1 aromatic heterocycles. The Balaban J connectivity index is 3.08. The Labute approximate surface area is 109 Å². The lowest BCUT2D eigenvalue weighted by molar-refractivity contribution is -0.123. The number of halogens is 1. The molecule has 0 spiro atoms. The van der Waals surface area contributed by atoms with E-state index >= 15 is 0 Å². The first kappa shape index (κ1) is 14.1. The first-order valence-corrected chi connectivity index (χ1v) is 5.42. The zero-order valence-electron chi connectivity index (χ0n) is 9.94. The maximum absolute atomic E-state index is 11.9. The average Bonchev–Trinajstić information content (AvgIpc) is 2.36. The summed E-state index contributed by atoms with van der Waals surface area (Å²) in [7, 11) is 1.30. The van der Waals surface area contributed by atoms with Gasteiger partial charge in [-0.2, -0.15) is 0 Å². The van der Waals surface area contributed by atoms with Crippen LogP contribution >= 0.6 is 11.6 Å². The molecule has 1 amide bonds. The fourth-order valence-electron chi connectivity index (χ4n) is 1.29. The third-order valence-electron chi connectivity index (χ3n) is 2.28. The SMILES string of the molecule is C#CCNC(=O)C(C)n1cnc(Cl)c(OC)c1=O. The Morgan fingerprint density at radius 1 is 1.78 bits per heavy atom. The summed E-state index contributed by atoms with van der Waals surface area (Å²) in [6, 6.07) is -0.760. The van der Waals surface area contributed by atoms with Crippen LogP contribution in [0.5, 0.6) is 5.75 Å². The molecule has 0 radical (unpaired) electrons. The molecule has 1 heterocycles. The summed E-state index contributed by atoms with van der Waals surface area (Å²) in [6.07, 6.45) is 6.22. The van der Waals surface area contributed by atoms with Crippen molar-refractivity contribution in [3.63, 3.8) is 0 Å². The van der Waals surface area contributed by atoms with Crippen LogP contribution in [0.25, 0.3) is 0 Å². The summed E-state index contributed by atoms with van der Waals surface area (Å²) in [5.41, 5.74) is -0.527. The van der Waals surface area contributed by atoms with Gasteiger partial charge in [-0.15, -0.1) is 6.42 Å². The molecule has 1 aromatic rings. The molecule has 7 heteroatoms. The number of aromatic nitrogens is 2. The highest BCUT2D eigenvalue weighted by molar-refractivity contribution is 6.30. The van der Waals surface area contributed by atoms with E-state index in [9.17, 15) is 9.59 Å². The second-order valence-electron chi connectivity index (χ2n) is 3.38. The van der Waals surface area contributed by atoms with Crippen molar-refractivity contribution >= 4 is 17.5 Å². The molecule has 0 saturated heterocycles. The van der Waals surface area contributed by atoms with Gasteiger partial charge in [-0.25, -0.2) is 4.98 Å². The van der Waals surface area contributed by atoms with Crippen LogP contribution in [0.3, 0.4) is 0 Å². The maximum atomic E-state index is 11.9. The molecular formula is C11H12ClN3O3. The molecule has 0 aliphatic rings. The molecule has 1 atom stereocenters. The number of nitrogens with zero attached hydrogens (tertiary/aromatic N) is 2. The zero-order valence-corrected chi connectivity index (χ0v) is 10.7. The predicted molar refractivity (Wildman–Crippen MR) is 66.6 cm³/mol. The summed E-state index contributed by atoms with van der Waals surface area (Å²) >= 11 is 5.69. The molecule has 1 rings (SSSR count). The van der Waals surface area contributed by atoms with E-state index in [0.717, 1.165) is 4.57 Å². The number of carbonyl (C=O) groups is 1. The second-order valence-corrected chi connectivity index (χ2v) is 3.74. The Kier molecular flexibility index (Phi) is 4.75. The normalized spacial score (nSPS) is 11.4. The van der Waals surface area contributed by atoms with Crippen molar-refractivity contribution < 1.29 is 9.53 Å². The number of methoxy groups -OCH3 is 1. The summed E-state index contributed by atoms with van der Waals surface area (Å²) < 4.78 is 5.96. The van der Waals surface area contributed by atoms with Gasteiger partial charge < -0.3 is 10.1 Å². The number of rotatable bonds is 4. The van der Waals surface area contributed by atoms with Crippen LogP contribution < -0.4 is 15.6 Å². The van der Waals surface area contributed by atoms with E-state index in [0.29, 0.717) is 0 Å². The van der Waals surface area contributed by atoms with E-state index in [1.54, 1.807) is 6.92 Å². The van der Waals surface area contributed by atoms with Gasteiger partial charge in [0, 0.05) is 0 Å². The van der Waals surface area contributed by atoms with E-state index in [1.165, 1.54) is 13.4 Å². The molecule has 18 heavy (non-hydrogen) atoms. The van der Waals surface area contributed by atoms with E-state index in [2.05, 4.69) is 16.2 Å². The number of hydrogen-bond donors (Lipinski definition) is 1. The van der Waals surface area contributed by atoms with Gasteiger partial charge in [0.15, 0.2) is 5.15 Å². The first-order chi connectivity index (χ1) is 8.52. The number of ether oxygens (including phenoxy) is 1. The number of carbonyl (C=O) groups excluding carboxylic acids is 1. The van der Waals surface area contributed by atoms with Crippen molar-refractivity contribution in [2.75, 3.05) is 13.7 Å². The highest BCUT2D eigenvalue weighted by Crippen LogP contribution is 2.16. The van der Waals surface area contributed by atoms with Gasteiger partial charge in [-0.05, 0) is 6.92 Å². The van der Waals surface area contributed by atoms with Crippen LogP contribution in [-0.4, -0.2) is 29.1 Å². The molecule has 6 nitrogen and oxygen atoms in total. The Morgan fingerprint density at radius 3 is 3.00 bits per heavy atom. The van der Waals surface area contributed by atoms with Crippen molar-refractivity contribution in [2.24, 2.45) is 0 Å². The molecule has 0 bridgehead atoms. The molecular weight excluding hydrogens is 258 g/mol. The van der Waals surface area contributed by atoms with E-state index < -0.39 is 11.6 Å². The number of terminal acetylenes is 1.